The summed E-state index contributed by atoms with van der Waals surface area (Å²) >= 11 is 1.54. The molecule has 0 spiro atoms. The summed E-state index contributed by atoms with van der Waals surface area (Å²) in [7, 11) is -3.69. The molecule has 0 unspecified atom stereocenters. The Morgan fingerprint density at radius 3 is 2.43 bits per heavy atom. The monoisotopic (exact) mass is 537 g/mol. The Balaban J connectivity index is 1.45. The molecule has 2 N–H and O–H groups in total. The maximum atomic E-state index is 12.9. The Hall–Kier alpha value is -3.38. The van der Waals surface area contributed by atoms with Crippen molar-refractivity contribution in [3.63, 3.8) is 0 Å². The number of piperidine rings is 1. The highest BCUT2D eigenvalue weighted by atomic mass is 32.2. The molecule has 3 atom stereocenters. The number of hydrogen-bond donors (Lipinski definition) is 1. The number of thiazole rings is 1. The van der Waals surface area contributed by atoms with Crippen LogP contribution < -0.4 is 5.73 Å². The van der Waals surface area contributed by atoms with Gasteiger partial charge >= 0.3 is 0 Å². The number of fused-ring (bicyclic) bond motifs is 3. The van der Waals surface area contributed by atoms with Crippen molar-refractivity contribution in [2.24, 2.45) is 0 Å². The van der Waals surface area contributed by atoms with Crippen molar-refractivity contribution in [3.8, 4) is 21.8 Å². The molecule has 192 valence electrons. The third-order valence-electron chi connectivity index (χ3n) is 7.43. The number of rotatable bonds is 4. The number of sulfone groups is 1. The lowest BCUT2D eigenvalue weighted by molar-refractivity contribution is -0.133. The Bertz CT molecular complexity index is 1630. The molecule has 4 aromatic heterocycles. The lowest BCUT2D eigenvalue weighted by Crippen LogP contribution is -2.45. The molecule has 12 heteroatoms. The second-order valence-electron chi connectivity index (χ2n) is 9.98. The maximum absolute atomic E-state index is 12.9. The highest BCUT2D eigenvalue weighted by Crippen LogP contribution is 2.45. The van der Waals surface area contributed by atoms with Crippen molar-refractivity contribution in [1.82, 2.24) is 29.5 Å². The van der Waals surface area contributed by atoms with Gasteiger partial charge in [-0.1, -0.05) is 6.07 Å². The van der Waals surface area contributed by atoms with Crippen LogP contribution in [0.4, 0.5) is 5.82 Å². The lowest BCUT2D eigenvalue weighted by Gasteiger charge is -2.38. The summed E-state index contributed by atoms with van der Waals surface area (Å²) in [4.78, 5) is 28.2. The van der Waals surface area contributed by atoms with Crippen molar-refractivity contribution >= 4 is 38.5 Å². The fourth-order valence-electron chi connectivity index (χ4n) is 5.94. The number of pyridine rings is 1. The molecule has 1 amide bonds. The topological polar surface area (TPSA) is 136 Å². The van der Waals surface area contributed by atoms with E-state index in [1.807, 2.05) is 29.3 Å². The summed E-state index contributed by atoms with van der Waals surface area (Å²) in [5.41, 5.74) is 10.7. The molecule has 2 saturated heterocycles. The Morgan fingerprint density at radius 2 is 1.86 bits per heavy atom. The van der Waals surface area contributed by atoms with E-state index in [0.717, 1.165) is 41.1 Å². The number of amides is 1. The van der Waals surface area contributed by atoms with E-state index in [1.165, 1.54) is 15.9 Å². The number of carbonyl (C=O) groups is 1. The van der Waals surface area contributed by atoms with Gasteiger partial charge in [-0.15, -0.1) is 11.3 Å². The van der Waals surface area contributed by atoms with E-state index in [1.54, 1.807) is 19.3 Å². The first-order valence-electron chi connectivity index (χ1n) is 12.2. The van der Waals surface area contributed by atoms with E-state index in [9.17, 15) is 13.2 Å². The first kappa shape index (κ1) is 24.0. The number of aryl methyl sites for hydroxylation is 1. The van der Waals surface area contributed by atoms with E-state index in [-0.39, 0.29) is 34.6 Å². The Kier molecular flexibility index (Phi) is 5.57. The summed E-state index contributed by atoms with van der Waals surface area (Å²) in [6.07, 6.45) is 7.70. The second kappa shape index (κ2) is 8.59. The average molecular weight is 538 g/mol. The minimum absolute atomic E-state index is 0.0305. The second-order valence-corrected chi connectivity index (χ2v) is 12.8. The van der Waals surface area contributed by atoms with Crippen molar-refractivity contribution in [1.29, 1.82) is 0 Å². The van der Waals surface area contributed by atoms with E-state index in [4.69, 9.17) is 10.7 Å². The van der Waals surface area contributed by atoms with Crippen molar-refractivity contribution in [2.45, 2.75) is 62.4 Å². The van der Waals surface area contributed by atoms with Gasteiger partial charge in [-0.2, -0.15) is 9.61 Å². The van der Waals surface area contributed by atoms with Crippen LogP contribution in [0.2, 0.25) is 0 Å². The molecule has 37 heavy (non-hydrogen) atoms. The van der Waals surface area contributed by atoms with Crippen LogP contribution in [0.25, 0.3) is 27.5 Å². The molecule has 0 radical (unpaired) electrons. The predicted molar refractivity (Wildman–Crippen MR) is 141 cm³/mol. The summed E-state index contributed by atoms with van der Waals surface area (Å²) in [5, 5.41) is 7.22. The number of carbonyl (C=O) groups excluding carboxylic acids is 1. The van der Waals surface area contributed by atoms with Crippen molar-refractivity contribution in [3.05, 3.63) is 41.3 Å². The van der Waals surface area contributed by atoms with Gasteiger partial charge in [0, 0.05) is 59.6 Å². The van der Waals surface area contributed by atoms with Gasteiger partial charge in [-0.25, -0.2) is 18.4 Å². The van der Waals surface area contributed by atoms with Crippen LogP contribution in [0, 0.1) is 6.92 Å². The zero-order valence-corrected chi connectivity index (χ0v) is 22.4. The third-order valence-corrected chi connectivity index (χ3v) is 9.57. The van der Waals surface area contributed by atoms with Crippen molar-refractivity contribution in [2.75, 3.05) is 12.0 Å². The lowest BCUT2D eigenvalue weighted by atomic mass is 9.87. The summed E-state index contributed by atoms with van der Waals surface area (Å²) < 4.78 is 27.2. The van der Waals surface area contributed by atoms with Crippen LogP contribution in [-0.4, -0.2) is 62.1 Å². The maximum Gasteiger partial charge on any atom is 0.219 e. The van der Waals surface area contributed by atoms with Crippen LogP contribution in [0.3, 0.4) is 0 Å². The van der Waals surface area contributed by atoms with Crippen molar-refractivity contribution < 1.29 is 13.2 Å². The molecule has 2 aliphatic rings. The van der Waals surface area contributed by atoms with Gasteiger partial charge in [0.05, 0.1) is 17.6 Å². The molecular weight excluding hydrogens is 510 g/mol. The molecule has 6 heterocycles. The number of nitrogen functional groups attached to an aromatic ring is 1. The van der Waals surface area contributed by atoms with Crippen LogP contribution in [0.5, 0.6) is 0 Å². The van der Waals surface area contributed by atoms with E-state index < -0.39 is 9.84 Å². The van der Waals surface area contributed by atoms with Gasteiger partial charge in [-0.05, 0) is 38.7 Å². The van der Waals surface area contributed by atoms with E-state index in [0.29, 0.717) is 29.7 Å². The number of nitrogens with two attached hydrogens (primary N) is 1. The fourth-order valence-corrected chi connectivity index (χ4v) is 7.78. The average Bonchev–Trinajstić information content (AvgIpc) is 3.54. The zero-order chi connectivity index (χ0) is 26.1. The first-order chi connectivity index (χ1) is 17.6. The molecular formula is C25H27N7O3S2. The Labute approximate surface area is 218 Å². The largest absolute Gasteiger partial charge is 0.382 e. The highest BCUT2D eigenvalue weighted by molar-refractivity contribution is 7.91. The molecule has 2 fully saturated rings. The number of hydrogen-bond acceptors (Lipinski definition) is 9. The quantitative estimate of drug-likeness (QED) is 0.418. The van der Waals surface area contributed by atoms with Crippen LogP contribution in [0.15, 0.2) is 34.8 Å². The molecule has 2 aliphatic heterocycles. The van der Waals surface area contributed by atoms with Gasteiger partial charge in [0.15, 0.2) is 15.5 Å². The van der Waals surface area contributed by atoms with Crippen LogP contribution >= 0.6 is 11.3 Å². The summed E-state index contributed by atoms with van der Waals surface area (Å²) in [6.45, 7) is 3.55. The number of aromatic nitrogens is 5. The van der Waals surface area contributed by atoms with E-state index in [2.05, 4.69) is 15.1 Å². The minimum atomic E-state index is -3.69. The molecule has 6 rings (SSSR count). The summed E-state index contributed by atoms with van der Waals surface area (Å²) in [5.74, 6) is -0.00130. The first-order valence-corrected chi connectivity index (χ1v) is 14.9. The van der Waals surface area contributed by atoms with Gasteiger partial charge in [0.2, 0.25) is 5.91 Å². The number of nitrogens with zero attached hydrogens (tertiary/aromatic N) is 6. The van der Waals surface area contributed by atoms with Gasteiger partial charge in [0.1, 0.15) is 15.7 Å². The highest BCUT2D eigenvalue weighted by Gasteiger charge is 2.44. The molecule has 0 aliphatic carbocycles. The molecule has 4 aromatic rings. The normalized spacial score (nSPS) is 21.6. The zero-order valence-electron chi connectivity index (χ0n) is 20.7. The van der Waals surface area contributed by atoms with Crippen LogP contribution in [-0.2, 0) is 14.6 Å². The molecule has 0 saturated carbocycles. The molecule has 10 nitrogen and oxygen atoms in total. The molecule has 0 aromatic carbocycles. The van der Waals surface area contributed by atoms with Crippen LogP contribution in [0.1, 0.15) is 49.9 Å². The standard InChI is InChI=1S/C25H27N7O3S2/c1-13-12-36-25(29-13)20-7-4-15(10-27-20)19-11-28-32-23(26)22(37(3,34)35)21(30-24(19)32)16-8-17-5-6-18(9-16)31(17)14(2)33/h4,7,10-12,16-18H,5-6,8-9,26H2,1-3H3/t16-,17+,18-. The SMILES string of the molecule is CC(=O)N1[C@@H]2CC[C@H]1C[C@@H](c1nc3c(-c4ccc(-c5nc(C)cs5)nc4)cnn3c(N)c1S(C)(=O)=O)C2. The molecule has 2 bridgehead atoms. The van der Waals surface area contributed by atoms with E-state index >= 15 is 0 Å². The predicted octanol–water partition coefficient (Wildman–Crippen LogP) is 3.47. The number of anilines is 1. The van der Waals surface area contributed by atoms with Gasteiger partial charge in [0.25, 0.3) is 0 Å². The Morgan fingerprint density at radius 1 is 1.14 bits per heavy atom. The third kappa shape index (κ3) is 3.98. The summed E-state index contributed by atoms with van der Waals surface area (Å²) in [6, 6.07) is 4.01. The van der Waals surface area contributed by atoms with Gasteiger partial charge in [-0.3, -0.25) is 9.78 Å². The van der Waals surface area contributed by atoms with Gasteiger partial charge < -0.3 is 10.6 Å². The minimum Gasteiger partial charge on any atom is -0.382 e. The fraction of sp³-hybridized carbons (Fsp3) is 0.400. The smallest absolute Gasteiger partial charge is 0.219 e.